The minimum atomic E-state index is 0.0276. The number of amides is 1. The normalized spacial score (nSPS) is 19.5. The predicted molar refractivity (Wildman–Crippen MR) is 106 cm³/mol. The molecule has 142 valence electrons. The van der Waals surface area contributed by atoms with Gasteiger partial charge in [-0.3, -0.25) is 9.59 Å². The summed E-state index contributed by atoms with van der Waals surface area (Å²) in [4.78, 5) is 24.0. The lowest BCUT2D eigenvalue weighted by molar-refractivity contribution is -0.116. The Morgan fingerprint density at radius 3 is 2.74 bits per heavy atom. The third kappa shape index (κ3) is 3.69. The molecule has 2 aromatic rings. The molecule has 5 heteroatoms. The Morgan fingerprint density at radius 2 is 2.00 bits per heavy atom. The quantitative estimate of drug-likeness (QED) is 0.906. The van der Waals surface area contributed by atoms with Crippen molar-refractivity contribution < 1.29 is 9.53 Å². The van der Waals surface area contributed by atoms with Crippen LogP contribution in [0.4, 0.5) is 5.69 Å². The van der Waals surface area contributed by atoms with Crippen molar-refractivity contribution in [1.29, 1.82) is 0 Å². The lowest BCUT2D eigenvalue weighted by Gasteiger charge is -2.27. The highest BCUT2D eigenvalue weighted by molar-refractivity contribution is 5.95. The van der Waals surface area contributed by atoms with Crippen molar-refractivity contribution in [3.8, 4) is 11.1 Å². The van der Waals surface area contributed by atoms with Crippen LogP contribution < -0.4 is 10.9 Å². The molecule has 2 aliphatic rings. The Bertz CT molecular complexity index is 913. The molecule has 2 aliphatic heterocycles. The molecule has 0 saturated carbocycles. The van der Waals surface area contributed by atoms with E-state index in [1.165, 1.54) is 12.0 Å². The summed E-state index contributed by atoms with van der Waals surface area (Å²) >= 11 is 0. The Balaban J connectivity index is 1.78. The van der Waals surface area contributed by atoms with Crippen LogP contribution in [0.2, 0.25) is 0 Å². The number of carbonyl (C=O) groups excluding carboxylic acids is 1. The minimum absolute atomic E-state index is 0.0276. The number of ether oxygens (including phenoxy) is 1. The Hall–Kier alpha value is -2.40. The molecule has 1 N–H and O–H groups in total. The zero-order chi connectivity index (χ0) is 19.0. The van der Waals surface area contributed by atoms with Crippen LogP contribution in [-0.4, -0.2) is 23.2 Å². The molecule has 5 nitrogen and oxygen atoms in total. The molecule has 0 spiro atoms. The SMILES string of the molecule is Cc1cc(-c2cc3c(c(CC4CCCCO4)c2)NC(=O)CC3)cn(C)c1=O. The Morgan fingerprint density at radius 1 is 1.15 bits per heavy atom. The fourth-order valence-corrected chi connectivity index (χ4v) is 4.15. The van der Waals surface area contributed by atoms with E-state index >= 15 is 0 Å². The van der Waals surface area contributed by atoms with Crippen molar-refractivity contribution in [2.45, 2.75) is 51.6 Å². The number of fused-ring (bicyclic) bond motifs is 1. The third-order valence-corrected chi connectivity index (χ3v) is 5.60. The number of aromatic nitrogens is 1. The van der Waals surface area contributed by atoms with E-state index in [2.05, 4.69) is 17.4 Å². The zero-order valence-electron chi connectivity index (χ0n) is 16.0. The number of carbonyl (C=O) groups is 1. The van der Waals surface area contributed by atoms with Gasteiger partial charge in [0.05, 0.1) is 6.10 Å². The molecular weight excluding hydrogens is 340 g/mol. The molecular formula is C22H26N2O3. The molecule has 3 heterocycles. The van der Waals surface area contributed by atoms with Crippen LogP contribution >= 0.6 is 0 Å². The van der Waals surface area contributed by atoms with Gasteiger partial charge in [0.1, 0.15) is 0 Å². The summed E-state index contributed by atoms with van der Waals surface area (Å²) in [6.45, 7) is 2.67. The van der Waals surface area contributed by atoms with Gasteiger partial charge in [0.2, 0.25) is 5.91 Å². The van der Waals surface area contributed by atoms with E-state index in [1.807, 2.05) is 19.2 Å². The summed E-state index contributed by atoms with van der Waals surface area (Å²) in [6, 6.07) is 6.26. The molecule has 1 saturated heterocycles. The van der Waals surface area contributed by atoms with E-state index in [-0.39, 0.29) is 17.6 Å². The standard InChI is InChI=1S/C22H26N2O3/c1-14-9-18(13-24(2)22(14)26)16-10-15-6-7-20(25)23-21(15)17(11-16)12-19-5-3-4-8-27-19/h9-11,13,19H,3-8,12H2,1-2H3,(H,23,25). The van der Waals surface area contributed by atoms with Gasteiger partial charge in [0, 0.05) is 43.9 Å². The van der Waals surface area contributed by atoms with Crippen molar-refractivity contribution in [2.75, 3.05) is 11.9 Å². The van der Waals surface area contributed by atoms with E-state index in [0.29, 0.717) is 6.42 Å². The average molecular weight is 366 g/mol. The second-order valence-electron chi connectivity index (χ2n) is 7.74. The number of nitrogens with one attached hydrogen (secondary N) is 1. The average Bonchev–Trinajstić information content (AvgIpc) is 2.66. The molecule has 1 fully saturated rings. The number of pyridine rings is 1. The van der Waals surface area contributed by atoms with E-state index in [4.69, 9.17) is 4.74 Å². The number of anilines is 1. The Labute approximate surface area is 159 Å². The number of hydrogen-bond donors (Lipinski definition) is 1. The third-order valence-electron chi connectivity index (χ3n) is 5.60. The molecule has 27 heavy (non-hydrogen) atoms. The smallest absolute Gasteiger partial charge is 0.253 e. The van der Waals surface area contributed by atoms with Gasteiger partial charge in [-0.25, -0.2) is 0 Å². The summed E-state index contributed by atoms with van der Waals surface area (Å²) in [5.41, 5.74) is 6.15. The number of hydrogen-bond acceptors (Lipinski definition) is 3. The zero-order valence-corrected chi connectivity index (χ0v) is 16.0. The lowest BCUT2D eigenvalue weighted by Crippen LogP contribution is -2.25. The molecule has 0 aliphatic carbocycles. The first-order valence-corrected chi connectivity index (χ1v) is 9.76. The molecule has 0 radical (unpaired) electrons. The predicted octanol–water partition coefficient (Wildman–Crippen LogP) is 3.36. The summed E-state index contributed by atoms with van der Waals surface area (Å²) in [6.07, 6.45) is 7.55. The van der Waals surface area contributed by atoms with E-state index in [9.17, 15) is 9.59 Å². The number of nitrogens with zero attached hydrogens (tertiary/aromatic N) is 1. The highest BCUT2D eigenvalue weighted by atomic mass is 16.5. The van der Waals surface area contributed by atoms with Crippen LogP contribution in [0.5, 0.6) is 0 Å². The van der Waals surface area contributed by atoms with Crippen molar-refractivity contribution in [2.24, 2.45) is 7.05 Å². The fraction of sp³-hybridized carbons (Fsp3) is 0.455. The summed E-state index contributed by atoms with van der Waals surface area (Å²) in [7, 11) is 1.79. The molecule has 1 aromatic carbocycles. The second kappa shape index (κ2) is 7.31. The first kappa shape index (κ1) is 18.0. The molecule has 0 bridgehead atoms. The maximum Gasteiger partial charge on any atom is 0.253 e. The number of benzene rings is 1. The number of aryl methyl sites for hydroxylation is 3. The van der Waals surface area contributed by atoms with Gasteiger partial charge in [0.25, 0.3) is 5.56 Å². The van der Waals surface area contributed by atoms with Gasteiger partial charge in [-0.05, 0) is 73.1 Å². The number of rotatable bonds is 3. The van der Waals surface area contributed by atoms with E-state index in [0.717, 1.165) is 60.2 Å². The summed E-state index contributed by atoms with van der Waals surface area (Å²) in [5, 5.41) is 3.08. The van der Waals surface area contributed by atoms with Gasteiger partial charge in [-0.15, -0.1) is 0 Å². The second-order valence-corrected chi connectivity index (χ2v) is 7.74. The molecule has 4 rings (SSSR count). The van der Waals surface area contributed by atoms with Gasteiger partial charge >= 0.3 is 0 Å². The van der Waals surface area contributed by atoms with Crippen molar-refractivity contribution in [1.82, 2.24) is 4.57 Å². The summed E-state index contributed by atoms with van der Waals surface area (Å²) in [5.74, 6) is 0.0824. The van der Waals surface area contributed by atoms with Gasteiger partial charge < -0.3 is 14.6 Å². The topological polar surface area (TPSA) is 60.3 Å². The van der Waals surface area contributed by atoms with Crippen LogP contribution in [0, 0.1) is 6.92 Å². The first-order valence-electron chi connectivity index (χ1n) is 9.76. The highest BCUT2D eigenvalue weighted by Crippen LogP contribution is 2.34. The van der Waals surface area contributed by atoms with Crippen molar-refractivity contribution in [3.05, 3.63) is 51.4 Å². The maximum absolute atomic E-state index is 12.0. The van der Waals surface area contributed by atoms with E-state index in [1.54, 1.807) is 11.6 Å². The monoisotopic (exact) mass is 366 g/mol. The van der Waals surface area contributed by atoms with Crippen molar-refractivity contribution in [3.63, 3.8) is 0 Å². The maximum atomic E-state index is 12.0. The molecule has 1 aromatic heterocycles. The largest absolute Gasteiger partial charge is 0.378 e. The van der Waals surface area contributed by atoms with Gasteiger partial charge in [-0.1, -0.05) is 0 Å². The Kier molecular flexibility index (Phi) is 4.87. The van der Waals surface area contributed by atoms with Gasteiger partial charge in [0.15, 0.2) is 0 Å². The first-order chi connectivity index (χ1) is 13.0. The van der Waals surface area contributed by atoms with Crippen LogP contribution in [0.15, 0.2) is 29.2 Å². The van der Waals surface area contributed by atoms with E-state index < -0.39 is 0 Å². The molecule has 1 atom stereocenters. The van der Waals surface area contributed by atoms with Crippen LogP contribution in [0.1, 0.15) is 42.4 Å². The minimum Gasteiger partial charge on any atom is -0.378 e. The molecule has 1 unspecified atom stereocenters. The fourth-order valence-electron chi connectivity index (χ4n) is 4.15. The van der Waals surface area contributed by atoms with Crippen LogP contribution in [0.3, 0.4) is 0 Å². The van der Waals surface area contributed by atoms with Crippen LogP contribution in [-0.2, 0) is 29.4 Å². The molecule has 1 amide bonds. The van der Waals surface area contributed by atoms with Gasteiger partial charge in [-0.2, -0.15) is 0 Å². The lowest BCUT2D eigenvalue weighted by atomic mass is 9.90. The summed E-state index contributed by atoms with van der Waals surface area (Å²) < 4.78 is 7.58. The van der Waals surface area contributed by atoms with Crippen LogP contribution in [0.25, 0.3) is 11.1 Å². The highest BCUT2D eigenvalue weighted by Gasteiger charge is 2.23. The van der Waals surface area contributed by atoms with Crippen molar-refractivity contribution >= 4 is 11.6 Å².